The molecule has 1 aliphatic rings. The second kappa shape index (κ2) is 8.48. The van der Waals surface area contributed by atoms with Crippen LogP contribution in [0.5, 0.6) is 0 Å². The largest absolute Gasteiger partial charge is 0.365 e. The Labute approximate surface area is 167 Å². The standard InChI is InChI=1S/C19H25F2N5OS/c1-3-19(8-10-25(2)11-9-19)26-12-15(16(22)27)17(24-26)23-13-4-6-14(7-5-13)28-18(20)21/h4-7,12,18H,3,8-11H2,1-2H3,(H2,22,27)(H,23,24). The van der Waals surface area contributed by atoms with Gasteiger partial charge in [0.2, 0.25) is 0 Å². The van der Waals surface area contributed by atoms with E-state index < -0.39 is 11.7 Å². The minimum atomic E-state index is -2.46. The number of hydrogen-bond donors (Lipinski definition) is 2. The molecular weight excluding hydrogens is 384 g/mol. The van der Waals surface area contributed by atoms with Crippen molar-refractivity contribution in [3.8, 4) is 0 Å². The first-order valence-electron chi connectivity index (χ1n) is 9.23. The van der Waals surface area contributed by atoms with Gasteiger partial charge in [-0.25, -0.2) is 0 Å². The van der Waals surface area contributed by atoms with Crippen molar-refractivity contribution in [1.82, 2.24) is 14.7 Å². The maximum Gasteiger partial charge on any atom is 0.288 e. The summed E-state index contributed by atoms with van der Waals surface area (Å²) in [5, 5.41) is 7.75. The van der Waals surface area contributed by atoms with Crippen LogP contribution in [-0.4, -0.2) is 46.5 Å². The molecule has 0 spiro atoms. The second-order valence-corrected chi connectivity index (χ2v) is 8.17. The molecule has 0 saturated carbocycles. The zero-order valence-corrected chi connectivity index (χ0v) is 16.8. The van der Waals surface area contributed by atoms with Crippen molar-refractivity contribution in [1.29, 1.82) is 0 Å². The highest BCUT2D eigenvalue weighted by Crippen LogP contribution is 2.35. The van der Waals surface area contributed by atoms with Crippen molar-refractivity contribution in [2.75, 3.05) is 25.5 Å². The van der Waals surface area contributed by atoms with Gasteiger partial charge in [0.05, 0.1) is 5.54 Å². The van der Waals surface area contributed by atoms with E-state index in [1.807, 2.05) is 4.68 Å². The van der Waals surface area contributed by atoms with Gasteiger partial charge in [-0.2, -0.15) is 13.9 Å². The fourth-order valence-corrected chi connectivity index (χ4v) is 4.02. The molecule has 3 N–H and O–H groups in total. The Morgan fingerprint density at radius 1 is 1.32 bits per heavy atom. The molecule has 6 nitrogen and oxygen atoms in total. The first kappa shape index (κ1) is 20.6. The van der Waals surface area contributed by atoms with Crippen LogP contribution >= 0.6 is 11.8 Å². The van der Waals surface area contributed by atoms with E-state index >= 15 is 0 Å². The highest BCUT2D eigenvalue weighted by Gasteiger charge is 2.35. The van der Waals surface area contributed by atoms with E-state index in [-0.39, 0.29) is 5.54 Å². The number of amides is 1. The predicted octanol–water partition coefficient (Wildman–Crippen LogP) is 3.87. The number of nitrogens with two attached hydrogens (primary N) is 1. The van der Waals surface area contributed by atoms with E-state index in [9.17, 15) is 13.6 Å². The van der Waals surface area contributed by atoms with Crippen LogP contribution in [0.4, 0.5) is 20.3 Å². The molecule has 1 aromatic heterocycles. The number of carbonyl (C=O) groups excluding carboxylic acids is 1. The van der Waals surface area contributed by atoms with Crippen LogP contribution in [0.25, 0.3) is 0 Å². The SMILES string of the molecule is CCC1(n2cc(C(N)=O)c(Nc3ccc(SC(F)F)cc3)n2)CCN(C)CC1. The van der Waals surface area contributed by atoms with E-state index in [1.54, 1.807) is 30.5 Å². The lowest BCUT2D eigenvalue weighted by atomic mass is 9.85. The van der Waals surface area contributed by atoms with Gasteiger partial charge in [-0.15, -0.1) is 0 Å². The third-order valence-corrected chi connectivity index (χ3v) is 6.11. The van der Waals surface area contributed by atoms with Gasteiger partial charge in [-0.3, -0.25) is 9.48 Å². The number of carbonyl (C=O) groups is 1. The molecule has 1 aliphatic heterocycles. The van der Waals surface area contributed by atoms with Crippen molar-refractivity contribution < 1.29 is 13.6 Å². The predicted molar refractivity (Wildman–Crippen MR) is 107 cm³/mol. The third kappa shape index (κ3) is 4.47. The summed E-state index contributed by atoms with van der Waals surface area (Å²) in [6.07, 6.45) is 4.51. The van der Waals surface area contributed by atoms with Gasteiger partial charge in [-0.1, -0.05) is 18.7 Å². The number of primary amides is 1. The van der Waals surface area contributed by atoms with Crippen LogP contribution in [0.1, 0.15) is 36.5 Å². The van der Waals surface area contributed by atoms with Gasteiger partial charge in [-0.05, 0) is 50.6 Å². The second-order valence-electron chi connectivity index (χ2n) is 7.11. The number of piperidine rings is 1. The van der Waals surface area contributed by atoms with Gasteiger partial charge >= 0.3 is 0 Å². The molecular formula is C19H25F2N5OS. The fourth-order valence-electron chi connectivity index (χ4n) is 3.53. The number of likely N-dealkylation sites (tertiary alicyclic amines) is 1. The summed E-state index contributed by atoms with van der Waals surface area (Å²) in [4.78, 5) is 14.7. The number of nitrogens with one attached hydrogen (secondary N) is 1. The van der Waals surface area contributed by atoms with E-state index in [1.165, 1.54) is 0 Å². The molecule has 152 valence electrons. The molecule has 1 aromatic carbocycles. The van der Waals surface area contributed by atoms with E-state index in [0.717, 1.165) is 32.4 Å². The number of hydrogen-bond acceptors (Lipinski definition) is 5. The molecule has 28 heavy (non-hydrogen) atoms. The quantitative estimate of drug-likeness (QED) is 0.679. The van der Waals surface area contributed by atoms with Crippen molar-refractivity contribution in [2.24, 2.45) is 5.73 Å². The summed E-state index contributed by atoms with van der Waals surface area (Å²) < 4.78 is 26.8. The molecule has 0 atom stereocenters. The van der Waals surface area contributed by atoms with Crippen LogP contribution < -0.4 is 11.1 Å². The Bertz CT molecular complexity index is 816. The molecule has 1 fully saturated rings. The van der Waals surface area contributed by atoms with Crippen LogP contribution in [0.3, 0.4) is 0 Å². The minimum Gasteiger partial charge on any atom is -0.365 e. The molecule has 2 heterocycles. The van der Waals surface area contributed by atoms with E-state index in [0.29, 0.717) is 33.7 Å². The lowest BCUT2D eigenvalue weighted by Crippen LogP contribution is -2.44. The molecule has 0 unspecified atom stereocenters. The van der Waals surface area contributed by atoms with Gasteiger partial charge in [0.1, 0.15) is 5.56 Å². The first-order chi connectivity index (χ1) is 13.3. The summed E-state index contributed by atoms with van der Waals surface area (Å²) in [7, 11) is 2.10. The summed E-state index contributed by atoms with van der Waals surface area (Å²) in [6, 6.07) is 6.56. The minimum absolute atomic E-state index is 0.144. The Morgan fingerprint density at radius 3 is 2.50 bits per heavy atom. The summed E-state index contributed by atoms with van der Waals surface area (Å²) in [5.74, 6) is -2.64. The normalized spacial score (nSPS) is 17.0. The highest BCUT2D eigenvalue weighted by atomic mass is 32.2. The topological polar surface area (TPSA) is 76.2 Å². The average molecular weight is 410 g/mol. The Balaban J connectivity index is 1.86. The lowest BCUT2D eigenvalue weighted by Gasteiger charge is -2.40. The Hall–Kier alpha value is -2.13. The number of aromatic nitrogens is 2. The third-order valence-electron chi connectivity index (χ3n) is 5.38. The van der Waals surface area contributed by atoms with Gasteiger partial charge in [0.15, 0.2) is 5.82 Å². The maximum atomic E-state index is 12.5. The maximum absolute atomic E-state index is 12.5. The Morgan fingerprint density at radius 2 is 1.96 bits per heavy atom. The molecule has 2 aromatic rings. The number of nitrogens with zero attached hydrogens (tertiary/aromatic N) is 3. The molecule has 1 amide bonds. The zero-order chi connectivity index (χ0) is 20.3. The number of thioether (sulfide) groups is 1. The number of rotatable bonds is 7. The summed E-state index contributed by atoms with van der Waals surface area (Å²) >= 11 is 0.488. The van der Waals surface area contributed by atoms with Crippen LogP contribution in [0.15, 0.2) is 35.4 Å². The molecule has 1 saturated heterocycles. The molecule has 0 aliphatic carbocycles. The number of benzene rings is 1. The fraction of sp³-hybridized carbons (Fsp3) is 0.474. The average Bonchev–Trinajstić information content (AvgIpc) is 3.08. The summed E-state index contributed by atoms with van der Waals surface area (Å²) in [6.45, 7) is 4.06. The Kier molecular flexibility index (Phi) is 6.24. The molecule has 0 bridgehead atoms. The van der Waals surface area contributed by atoms with Gasteiger partial charge < -0.3 is 16.0 Å². The van der Waals surface area contributed by atoms with Crippen LogP contribution in [0, 0.1) is 0 Å². The zero-order valence-electron chi connectivity index (χ0n) is 16.0. The molecule has 3 rings (SSSR count). The van der Waals surface area contributed by atoms with E-state index in [2.05, 4.69) is 29.3 Å². The van der Waals surface area contributed by atoms with Crippen LogP contribution in [-0.2, 0) is 5.54 Å². The highest BCUT2D eigenvalue weighted by molar-refractivity contribution is 7.99. The van der Waals surface area contributed by atoms with Crippen molar-refractivity contribution in [2.45, 2.75) is 42.4 Å². The van der Waals surface area contributed by atoms with Crippen molar-refractivity contribution in [3.63, 3.8) is 0 Å². The van der Waals surface area contributed by atoms with Gasteiger partial charge in [0, 0.05) is 29.9 Å². The van der Waals surface area contributed by atoms with Crippen molar-refractivity contribution >= 4 is 29.2 Å². The van der Waals surface area contributed by atoms with E-state index in [4.69, 9.17) is 5.73 Å². The van der Waals surface area contributed by atoms with Gasteiger partial charge in [0.25, 0.3) is 11.7 Å². The lowest BCUT2D eigenvalue weighted by molar-refractivity contribution is 0.0997. The van der Waals surface area contributed by atoms with Crippen LogP contribution in [0.2, 0.25) is 0 Å². The summed E-state index contributed by atoms with van der Waals surface area (Å²) in [5.41, 5.74) is 6.40. The van der Waals surface area contributed by atoms with Crippen molar-refractivity contribution in [3.05, 3.63) is 36.0 Å². The number of anilines is 2. The first-order valence-corrected chi connectivity index (χ1v) is 10.1. The molecule has 9 heteroatoms. The molecule has 0 radical (unpaired) electrons. The number of alkyl halides is 2. The smallest absolute Gasteiger partial charge is 0.288 e. The monoisotopic (exact) mass is 409 g/mol. The number of halogens is 2.